The van der Waals surface area contributed by atoms with Gasteiger partial charge in [0.25, 0.3) is 0 Å². The van der Waals surface area contributed by atoms with Gasteiger partial charge in [0.15, 0.2) is 5.65 Å². The molecule has 0 amide bonds. The van der Waals surface area contributed by atoms with Gasteiger partial charge in [0.05, 0.1) is 24.2 Å². The third-order valence-corrected chi connectivity index (χ3v) is 5.50. The fourth-order valence-corrected chi connectivity index (χ4v) is 3.38. The van der Waals surface area contributed by atoms with Crippen LogP contribution in [0, 0.1) is 5.92 Å². The van der Waals surface area contributed by atoms with Gasteiger partial charge in [-0.3, -0.25) is 0 Å². The number of aromatic nitrogens is 3. The maximum Gasteiger partial charge on any atom is 0.344 e. The van der Waals surface area contributed by atoms with Crippen molar-refractivity contribution in [1.82, 2.24) is 14.5 Å². The summed E-state index contributed by atoms with van der Waals surface area (Å²) in [4.78, 5) is 22.4. The molecule has 0 unspecified atom stereocenters. The Morgan fingerprint density at radius 3 is 2.47 bits per heavy atom. The van der Waals surface area contributed by atoms with Crippen molar-refractivity contribution < 1.29 is 9.53 Å². The van der Waals surface area contributed by atoms with Gasteiger partial charge in [-0.05, 0) is 35.7 Å². The third kappa shape index (κ3) is 3.83. The molecule has 0 saturated heterocycles. The average Bonchev–Trinajstić information content (AvgIpc) is 3.02. The number of rotatable bonds is 6. The van der Waals surface area contributed by atoms with E-state index in [4.69, 9.17) is 32.0 Å². The lowest BCUT2D eigenvalue weighted by molar-refractivity contribution is 0.0450. The topological polar surface area (TPSA) is 83.0 Å². The number of hydrogen-bond acceptors (Lipinski definition) is 5. The molecule has 2 aromatic carbocycles. The van der Waals surface area contributed by atoms with E-state index in [1.165, 1.54) is 0 Å². The number of nitrogen functional groups attached to an aromatic ring is 1. The van der Waals surface area contributed by atoms with E-state index in [1.54, 1.807) is 4.57 Å². The number of halogens is 1. The highest BCUT2D eigenvalue weighted by atomic mass is 35.5. The number of carbonyl (C=O) groups is 1. The molecule has 0 aliphatic heterocycles. The van der Waals surface area contributed by atoms with E-state index < -0.39 is 5.97 Å². The molecule has 0 bridgehead atoms. The quantitative estimate of drug-likeness (QED) is 0.438. The molecule has 154 valence electrons. The van der Waals surface area contributed by atoms with Gasteiger partial charge in [0.2, 0.25) is 0 Å². The SMILES string of the molecule is CC[C@H](C)COC(=O)c1c(N)n(Cc2ccc(Cl)cc2)c2nc3ccccc3nc12. The molecule has 2 aromatic heterocycles. The van der Waals surface area contributed by atoms with Gasteiger partial charge in [0.1, 0.15) is 16.9 Å². The van der Waals surface area contributed by atoms with Crippen LogP contribution in [-0.4, -0.2) is 27.1 Å². The Bertz CT molecular complexity index is 1220. The first-order valence-electron chi connectivity index (χ1n) is 9.94. The van der Waals surface area contributed by atoms with Crippen LogP contribution in [0.15, 0.2) is 48.5 Å². The molecule has 0 aliphatic carbocycles. The van der Waals surface area contributed by atoms with E-state index in [1.807, 2.05) is 55.5 Å². The van der Waals surface area contributed by atoms with Gasteiger partial charge < -0.3 is 15.0 Å². The minimum absolute atomic E-state index is 0.264. The molecule has 2 N–H and O–H groups in total. The van der Waals surface area contributed by atoms with E-state index in [9.17, 15) is 4.79 Å². The Hall–Kier alpha value is -3.12. The lowest BCUT2D eigenvalue weighted by Crippen LogP contribution is -2.14. The van der Waals surface area contributed by atoms with Crippen molar-refractivity contribution in [3.63, 3.8) is 0 Å². The van der Waals surface area contributed by atoms with Gasteiger partial charge in [0, 0.05) is 5.02 Å². The first-order chi connectivity index (χ1) is 14.5. The maximum absolute atomic E-state index is 12.9. The number of carbonyl (C=O) groups excluding carboxylic acids is 1. The number of nitrogens with two attached hydrogens (primary N) is 1. The van der Waals surface area contributed by atoms with Crippen molar-refractivity contribution in [3.05, 3.63) is 64.7 Å². The summed E-state index contributed by atoms with van der Waals surface area (Å²) in [7, 11) is 0. The van der Waals surface area contributed by atoms with Crippen LogP contribution in [-0.2, 0) is 11.3 Å². The highest BCUT2D eigenvalue weighted by molar-refractivity contribution is 6.30. The Morgan fingerprint density at radius 1 is 1.13 bits per heavy atom. The molecular weight excluding hydrogens is 400 g/mol. The molecule has 4 rings (SSSR count). The standard InChI is InChI=1S/C23H23ClN4O2/c1-3-14(2)13-30-23(29)19-20-22(27-18-7-5-4-6-17(18)26-20)28(21(19)25)12-15-8-10-16(24)11-9-15/h4-11,14H,3,12-13,25H2,1-2H3/t14-/m0/s1. The number of benzene rings is 2. The Labute approximate surface area is 179 Å². The number of nitrogens with zero attached hydrogens (tertiary/aromatic N) is 3. The second-order valence-corrected chi connectivity index (χ2v) is 7.91. The van der Waals surface area contributed by atoms with Gasteiger partial charge in [-0.2, -0.15) is 0 Å². The average molecular weight is 423 g/mol. The van der Waals surface area contributed by atoms with Crippen molar-refractivity contribution in [2.45, 2.75) is 26.8 Å². The van der Waals surface area contributed by atoms with E-state index in [0.29, 0.717) is 40.7 Å². The summed E-state index contributed by atoms with van der Waals surface area (Å²) in [5.74, 6) is 0.0890. The summed E-state index contributed by atoms with van der Waals surface area (Å²) >= 11 is 6.01. The van der Waals surface area contributed by atoms with Crippen LogP contribution in [0.25, 0.3) is 22.2 Å². The molecule has 6 nitrogen and oxygen atoms in total. The molecular formula is C23H23ClN4O2. The summed E-state index contributed by atoms with van der Waals surface area (Å²) in [5, 5.41) is 0.657. The summed E-state index contributed by atoms with van der Waals surface area (Å²) in [5.41, 5.74) is 10.1. The summed E-state index contributed by atoms with van der Waals surface area (Å²) in [6, 6.07) is 15.0. The Kier molecular flexibility index (Phi) is 5.59. The number of esters is 1. The first-order valence-corrected chi connectivity index (χ1v) is 10.3. The predicted molar refractivity (Wildman–Crippen MR) is 120 cm³/mol. The van der Waals surface area contributed by atoms with Crippen LogP contribution in [0.3, 0.4) is 0 Å². The van der Waals surface area contributed by atoms with Crippen LogP contribution < -0.4 is 5.73 Å². The van der Waals surface area contributed by atoms with Crippen LogP contribution in [0.5, 0.6) is 0 Å². The van der Waals surface area contributed by atoms with Crippen molar-refractivity contribution in [2.75, 3.05) is 12.3 Å². The molecule has 4 aromatic rings. The van der Waals surface area contributed by atoms with Crippen LogP contribution in [0.2, 0.25) is 5.02 Å². The molecule has 2 heterocycles. The summed E-state index contributed by atoms with van der Waals surface area (Å²) in [6.45, 7) is 4.86. The van der Waals surface area contributed by atoms with Gasteiger partial charge >= 0.3 is 5.97 Å². The fraction of sp³-hybridized carbons (Fsp3) is 0.261. The van der Waals surface area contributed by atoms with E-state index >= 15 is 0 Å². The highest BCUT2D eigenvalue weighted by Gasteiger charge is 2.25. The van der Waals surface area contributed by atoms with Crippen LogP contribution in [0.1, 0.15) is 36.2 Å². The van der Waals surface area contributed by atoms with Crippen molar-refractivity contribution >= 4 is 45.6 Å². The zero-order valence-corrected chi connectivity index (χ0v) is 17.7. The Morgan fingerprint density at radius 2 is 1.80 bits per heavy atom. The second kappa shape index (κ2) is 8.32. The molecule has 0 fully saturated rings. The largest absolute Gasteiger partial charge is 0.462 e. The number of para-hydroxylation sites is 2. The van der Waals surface area contributed by atoms with Crippen molar-refractivity contribution in [3.8, 4) is 0 Å². The lowest BCUT2D eigenvalue weighted by atomic mass is 10.1. The van der Waals surface area contributed by atoms with E-state index in [2.05, 4.69) is 6.92 Å². The molecule has 0 aliphatic rings. The van der Waals surface area contributed by atoms with Crippen molar-refractivity contribution in [2.24, 2.45) is 5.92 Å². The van der Waals surface area contributed by atoms with Gasteiger partial charge in [-0.25, -0.2) is 14.8 Å². The van der Waals surface area contributed by atoms with Crippen LogP contribution in [0.4, 0.5) is 5.82 Å². The minimum atomic E-state index is -0.475. The smallest absolute Gasteiger partial charge is 0.344 e. The lowest BCUT2D eigenvalue weighted by Gasteiger charge is -2.10. The fourth-order valence-electron chi connectivity index (χ4n) is 3.26. The maximum atomic E-state index is 12.9. The van der Waals surface area contributed by atoms with Gasteiger partial charge in [-0.1, -0.05) is 56.1 Å². The molecule has 30 heavy (non-hydrogen) atoms. The molecule has 1 atom stereocenters. The van der Waals surface area contributed by atoms with E-state index in [0.717, 1.165) is 17.5 Å². The zero-order valence-electron chi connectivity index (χ0n) is 16.9. The van der Waals surface area contributed by atoms with Crippen molar-refractivity contribution in [1.29, 1.82) is 0 Å². The highest BCUT2D eigenvalue weighted by Crippen LogP contribution is 2.29. The number of ether oxygens (including phenoxy) is 1. The monoisotopic (exact) mass is 422 g/mol. The number of anilines is 1. The normalized spacial score (nSPS) is 12.4. The van der Waals surface area contributed by atoms with E-state index in [-0.39, 0.29) is 11.5 Å². The second-order valence-electron chi connectivity index (χ2n) is 7.47. The minimum Gasteiger partial charge on any atom is -0.462 e. The number of fused-ring (bicyclic) bond motifs is 2. The first kappa shape index (κ1) is 20.2. The summed E-state index contributed by atoms with van der Waals surface area (Å²) in [6.07, 6.45) is 0.922. The molecule has 0 radical (unpaired) electrons. The Balaban J connectivity index is 1.85. The third-order valence-electron chi connectivity index (χ3n) is 5.25. The zero-order chi connectivity index (χ0) is 21.3. The van der Waals surface area contributed by atoms with Crippen LogP contribution >= 0.6 is 11.6 Å². The molecule has 0 spiro atoms. The number of hydrogen-bond donors (Lipinski definition) is 1. The predicted octanol–water partition coefficient (Wildman–Crippen LogP) is 5.07. The molecule has 7 heteroatoms. The molecule has 0 saturated carbocycles. The van der Waals surface area contributed by atoms with Gasteiger partial charge in [-0.15, -0.1) is 0 Å². The summed E-state index contributed by atoms with van der Waals surface area (Å²) < 4.78 is 7.35.